The Balaban J connectivity index is 4.98. The monoisotopic (exact) mass is 232 g/mol. The van der Waals surface area contributed by atoms with Crippen molar-refractivity contribution in [2.24, 2.45) is 23.0 Å². The summed E-state index contributed by atoms with van der Waals surface area (Å²) in [4.78, 5) is 22.3. The lowest BCUT2D eigenvalue weighted by Crippen LogP contribution is -2.42. The fourth-order valence-electron chi connectivity index (χ4n) is 1.72. The van der Waals surface area contributed by atoms with Crippen LogP contribution in [0.25, 0.3) is 0 Å². The molecule has 0 aromatic heterocycles. The SMILES string of the molecule is CC(C)(C)[C@@H](CO)C(CC(N)=O)C(=O)NO. The first kappa shape index (κ1) is 14.9. The Hall–Kier alpha value is -1.14. The molecule has 2 atom stereocenters. The van der Waals surface area contributed by atoms with Gasteiger partial charge in [-0.1, -0.05) is 20.8 Å². The Kier molecular flexibility index (Phi) is 5.40. The summed E-state index contributed by atoms with van der Waals surface area (Å²) >= 11 is 0. The van der Waals surface area contributed by atoms with E-state index in [0.717, 1.165) is 0 Å². The van der Waals surface area contributed by atoms with Crippen LogP contribution in [0.1, 0.15) is 27.2 Å². The molecule has 0 saturated carbocycles. The Morgan fingerprint density at radius 1 is 1.38 bits per heavy atom. The summed E-state index contributed by atoms with van der Waals surface area (Å²) in [5.74, 6) is -2.62. The largest absolute Gasteiger partial charge is 0.396 e. The molecule has 0 saturated heterocycles. The number of aliphatic hydroxyl groups is 1. The second kappa shape index (κ2) is 5.81. The predicted molar refractivity (Wildman–Crippen MR) is 57.3 cm³/mol. The van der Waals surface area contributed by atoms with Crippen LogP contribution in [0.4, 0.5) is 0 Å². The zero-order valence-electron chi connectivity index (χ0n) is 9.86. The van der Waals surface area contributed by atoms with Gasteiger partial charge < -0.3 is 10.8 Å². The molecule has 0 fully saturated rings. The molecule has 0 aliphatic carbocycles. The number of nitrogens with one attached hydrogen (secondary N) is 1. The van der Waals surface area contributed by atoms with E-state index in [9.17, 15) is 14.7 Å². The molecule has 16 heavy (non-hydrogen) atoms. The molecular formula is C10H20N2O4. The molecule has 2 amide bonds. The summed E-state index contributed by atoms with van der Waals surface area (Å²) in [5, 5.41) is 17.9. The van der Waals surface area contributed by atoms with Crippen LogP contribution in [0.2, 0.25) is 0 Å². The van der Waals surface area contributed by atoms with E-state index in [1.165, 1.54) is 5.48 Å². The molecule has 6 nitrogen and oxygen atoms in total. The van der Waals surface area contributed by atoms with Crippen LogP contribution in [-0.2, 0) is 9.59 Å². The Morgan fingerprint density at radius 2 is 1.88 bits per heavy atom. The lowest BCUT2D eigenvalue weighted by atomic mass is 9.72. The van der Waals surface area contributed by atoms with Crippen LogP contribution in [0, 0.1) is 17.3 Å². The second-order valence-corrected chi connectivity index (χ2v) is 4.91. The van der Waals surface area contributed by atoms with Gasteiger partial charge in [0.15, 0.2) is 0 Å². The zero-order chi connectivity index (χ0) is 12.9. The van der Waals surface area contributed by atoms with Gasteiger partial charge in [-0.05, 0) is 11.3 Å². The smallest absolute Gasteiger partial charge is 0.247 e. The molecule has 1 unspecified atom stereocenters. The van der Waals surface area contributed by atoms with Crippen LogP contribution in [0.5, 0.6) is 0 Å². The minimum Gasteiger partial charge on any atom is -0.396 e. The van der Waals surface area contributed by atoms with Crippen molar-refractivity contribution < 1.29 is 19.9 Å². The predicted octanol–water partition coefficient (Wildman–Crippen LogP) is -0.362. The van der Waals surface area contributed by atoms with Gasteiger partial charge in [0, 0.05) is 13.0 Å². The third-order valence-electron chi connectivity index (χ3n) is 2.66. The number of rotatable bonds is 5. The summed E-state index contributed by atoms with van der Waals surface area (Å²) < 4.78 is 0. The van der Waals surface area contributed by atoms with E-state index in [1.807, 2.05) is 20.8 Å². The highest BCUT2D eigenvalue weighted by atomic mass is 16.5. The molecular weight excluding hydrogens is 212 g/mol. The maximum Gasteiger partial charge on any atom is 0.247 e. The Labute approximate surface area is 94.8 Å². The summed E-state index contributed by atoms with van der Waals surface area (Å²) in [6, 6.07) is 0. The van der Waals surface area contributed by atoms with Crippen molar-refractivity contribution in [3.63, 3.8) is 0 Å². The highest BCUT2D eigenvalue weighted by Gasteiger charge is 2.36. The van der Waals surface area contributed by atoms with E-state index < -0.39 is 23.7 Å². The molecule has 94 valence electrons. The summed E-state index contributed by atoms with van der Waals surface area (Å²) in [6.07, 6.45) is -0.200. The molecule has 0 heterocycles. The fourth-order valence-corrected chi connectivity index (χ4v) is 1.72. The summed E-state index contributed by atoms with van der Waals surface area (Å²) in [5.41, 5.74) is 6.17. The van der Waals surface area contributed by atoms with Crippen molar-refractivity contribution in [3.8, 4) is 0 Å². The fraction of sp³-hybridized carbons (Fsp3) is 0.800. The molecule has 0 bridgehead atoms. The maximum absolute atomic E-state index is 11.4. The van der Waals surface area contributed by atoms with Gasteiger partial charge in [0.1, 0.15) is 0 Å². The number of carbonyl (C=O) groups is 2. The molecule has 0 aliphatic heterocycles. The van der Waals surface area contributed by atoms with Gasteiger partial charge in [-0.25, -0.2) is 5.48 Å². The van der Waals surface area contributed by atoms with Crippen molar-refractivity contribution in [1.82, 2.24) is 5.48 Å². The van der Waals surface area contributed by atoms with E-state index in [0.29, 0.717) is 0 Å². The standard InChI is InChI=1S/C10H20N2O4/c1-10(2,3)7(5-13)6(4-8(11)14)9(15)12-16/h6-7,13,16H,4-5H2,1-3H3,(H2,11,14)(H,12,15)/t6?,7-/m0/s1. The Morgan fingerprint density at radius 3 is 2.12 bits per heavy atom. The Bertz CT molecular complexity index is 260. The minimum atomic E-state index is -0.826. The van der Waals surface area contributed by atoms with E-state index in [-0.39, 0.29) is 18.4 Å². The molecule has 0 rings (SSSR count). The highest BCUT2D eigenvalue weighted by molar-refractivity contribution is 5.84. The van der Waals surface area contributed by atoms with E-state index in [1.54, 1.807) is 0 Å². The molecule has 0 aliphatic rings. The first-order valence-electron chi connectivity index (χ1n) is 5.07. The van der Waals surface area contributed by atoms with Crippen LogP contribution < -0.4 is 11.2 Å². The number of carbonyl (C=O) groups excluding carboxylic acids is 2. The number of nitrogens with two attached hydrogens (primary N) is 1. The van der Waals surface area contributed by atoms with E-state index >= 15 is 0 Å². The minimum absolute atomic E-state index is 0.200. The topological polar surface area (TPSA) is 113 Å². The van der Waals surface area contributed by atoms with Gasteiger partial charge in [-0.3, -0.25) is 14.8 Å². The summed E-state index contributed by atoms with van der Waals surface area (Å²) in [6.45, 7) is 5.26. The lowest BCUT2D eigenvalue weighted by Gasteiger charge is -2.34. The van der Waals surface area contributed by atoms with Gasteiger partial charge in [-0.15, -0.1) is 0 Å². The number of hydrogen-bond acceptors (Lipinski definition) is 4. The van der Waals surface area contributed by atoms with Gasteiger partial charge in [-0.2, -0.15) is 0 Å². The first-order chi connectivity index (χ1) is 7.23. The number of hydroxylamine groups is 1. The number of aliphatic hydroxyl groups excluding tert-OH is 1. The van der Waals surface area contributed by atoms with Gasteiger partial charge >= 0.3 is 0 Å². The number of amides is 2. The highest BCUT2D eigenvalue weighted by Crippen LogP contribution is 2.33. The average Bonchev–Trinajstić information content (AvgIpc) is 2.13. The van der Waals surface area contributed by atoms with E-state index in [4.69, 9.17) is 10.9 Å². The van der Waals surface area contributed by atoms with Gasteiger partial charge in [0.2, 0.25) is 11.8 Å². The van der Waals surface area contributed by atoms with Crippen molar-refractivity contribution >= 4 is 11.8 Å². The lowest BCUT2D eigenvalue weighted by molar-refractivity contribution is -0.140. The molecule has 5 N–H and O–H groups in total. The van der Waals surface area contributed by atoms with E-state index in [2.05, 4.69) is 0 Å². The van der Waals surface area contributed by atoms with Gasteiger partial charge in [0.05, 0.1) is 5.92 Å². The molecule has 0 aromatic rings. The van der Waals surface area contributed by atoms with Crippen molar-refractivity contribution in [1.29, 1.82) is 0 Å². The molecule has 6 heteroatoms. The third kappa shape index (κ3) is 4.16. The normalized spacial score (nSPS) is 15.3. The first-order valence-corrected chi connectivity index (χ1v) is 5.07. The van der Waals surface area contributed by atoms with Crippen molar-refractivity contribution in [2.75, 3.05) is 6.61 Å². The third-order valence-corrected chi connectivity index (χ3v) is 2.66. The quantitative estimate of drug-likeness (QED) is 0.383. The number of hydrogen-bond donors (Lipinski definition) is 4. The van der Waals surface area contributed by atoms with Gasteiger partial charge in [0.25, 0.3) is 0 Å². The van der Waals surface area contributed by atoms with Crippen molar-refractivity contribution in [3.05, 3.63) is 0 Å². The van der Waals surface area contributed by atoms with Crippen LogP contribution in [-0.4, -0.2) is 28.7 Å². The number of primary amides is 1. The molecule has 0 radical (unpaired) electrons. The van der Waals surface area contributed by atoms with Crippen LogP contribution in [0.3, 0.4) is 0 Å². The van der Waals surface area contributed by atoms with Crippen LogP contribution in [0.15, 0.2) is 0 Å². The van der Waals surface area contributed by atoms with Crippen LogP contribution >= 0.6 is 0 Å². The zero-order valence-corrected chi connectivity index (χ0v) is 9.86. The summed E-state index contributed by atoms with van der Waals surface area (Å²) in [7, 11) is 0. The molecule has 0 spiro atoms. The second-order valence-electron chi connectivity index (χ2n) is 4.91. The molecule has 0 aromatic carbocycles. The van der Waals surface area contributed by atoms with Crippen molar-refractivity contribution in [2.45, 2.75) is 27.2 Å². The maximum atomic E-state index is 11.4. The average molecular weight is 232 g/mol.